The molecule has 0 aromatic carbocycles. The van der Waals surface area contributed by atoms with Crippen LogP contribution in [0.1, 0.15) is 309 Å². The number of amides is 1. The molecule has 1 fully saturated rings. The highest BCUT2D eigenvalue weighted by Crippen LogP contribution is 2.23. The molecule has 73 heavy (non-hydrogen) atoms. The van der Waals surface area contributed by atoms with Gasteiger partial charge in [-0.15, -0.1) is 0 Å². The predicted octanol–water partition coefficient (Wildman–Crippen LogP) is 16.3. The molecule has 0 aliphatic carbocycles. The first-order valence-electron chi connectivity index (χ1n) is 31.7. The fourth-order valence-electron chi connectivity index (χ4n) is 10.2. The van der Waals surface area contributed by atoms with Crippen molar-refractivity contribution in [1.29, 1.82) is 0 Å². The van der Waals surface area contributed by atoms with Gasteiger partial charge < -0.3 is 40.3 Å². The van der Waals surface area contributed by atoms with Crippen LogP contribution in [0.2, 0.25) is 0 Å². The minimum atomic E-state index is -1.57. The average Bonchev–Trinajstić information content (AvgIpc) is 3.39. The highest BCUT2D eigenvalue weighted by atomic mass is 16.7. The van der Waals surface area contributed by atoms with Gasteiger partial charge in [-0.1, -0.05) is 288 Å². The third-order valence-corrected chi connectivity index (χ3v) is 15.2. The van der Waals surface area contributed by atoms with Crippen LogP contribution in [0.25, 0.3) is 0 Å². The van der Waals surface area contributed by atoms with Crippen LogP contribution in [-0.2, 0) is 14.3 Å². The third-order valence-electron chi connectivity index (χ3n) is 15.2. The number of rotatable bonds is 55. The second-order valence-electron chi connectivity index (χ2n) is 22.2. The fraction of sp³-hybridized carbons (Fsp3) is 0.891. The van der Waals surface area contributed by atoms with Crippen molar-refractivity contribution in [2.24, 2.45) is 0 Å². The van der Waals surface area contributed by atoms with Gasteiger partial charge in [0.2, 0.25) is 5.91 Å². The first-order chi connectivity index (χ1) is 35.8. The molecule has 1 heterocycles. The number of aliphatic hydroxyl groups is 5. The number of allylic oxidation sites excluding steroid dienone is 5. The van der Waals surface area contributed by atoms with Gasteiger partial charge in [-0.05, 0) is 51.4 Å². The minimum absolute atomic E-state index is 0.173. The molecule has 6 N–H and O–H groups in total. The van der Waals surface area contributed by atoms with Crippen LogP contribution in [0.3, 0.4) is 0 Å². The zero-order valence-corrected chi connectivity index (χ0v) is 47.9. The largest absolute Gasteiger partial charge is 0.394 e. The second-order valence-corrected chi connectivity index (χ2v) is 22.2. The monoisotopic (exact) mass is 1030 g/mol. The van der Waals surface area contributed by atoms with Crippen molar-refractivity contribution in [3.63, 3.8) is 0 Å². The lowest BCUT2D eigenvalue weighted by Crippen LogP contribution is -2.60. The number of hydrogen-bond acceptors (Lipinski definition) is 8. The Morgan fingerprint density at radius 3 is 1.18 bits per heavy atom. The van der Waals surface area contributed by atoms with Crippen LogP contribution in [0.15, 0.2) is 36.5 Å². The number of carbonyl (C=O) groups excluding carboxylic acids is 1. The SMILES string of the molecule is CCCCCCCCCCCCC/C=C\C/C=C\CCCCCCCCCCCCCCCCCCCC(=O)NC(COC1OC(CO)C(O)C(O)C1O)C(O)/C=C/CCCCCCCCCCCCCCC. The Morgan fingerprint density at radius 1 is 0.466 bits per heavy atom. The van der Waals surface area contributed by atoms with Gasteiger partial charge >= 0.3 is 0 Å². The molecule has 1 amide bonds. The number of carbonyl (C=O) groups is 1. The van der Waals surface area contributed by atoms with E-state index in [9.17, 15) is 30.3 Å². The van der Waals surface area contributed by atoms with Crippen LogP contribution >= 0.6 is 0 Å². The molecule has 0 aromatic heterocycles. The van der Waals surface area contributed by atoms with E-state index in [4.69, 9.17) is 9.47 Å². The number of nitrogens with one attached hydrogen (secondary N) is 1. The Bertz CT molecular complexity index is 1240. The number of unbranched alkanes of at least 4 members (excludes halogenated alkanes) is 41. The van der Waals surface area contributed by atoms with Crippen molar-refractivity contribution in [2.45, 2.75) is 352 Å². The summed E-state index contributed by atoms with van der Waals surface area (Å²) in [5.41, 5.74) is 0. The lowest BCUT2D eigenvalue weighted by atomic mass is 9.99. The Balaban J connectivity index is 2.09. The number of hydrogen-bond donors (Lipinski definition) is 6. The van der Waals surface area contributed by atoms with Gasteiger partial charge in [0, 0.05) is 6.42 Å². The molecule has 0 radical (unpaired) electrons. The maximum absolute atomic E-state index is 13.1. The topological polar surface area (TPSA) is 149 Å². The molecule has 1 aliphatic rings. The normalized spacial score (nSPS) is 19.2. The highest BCUT2D eigenvalue weighted by Gasteiger charge is 2.44. The van der Waals surface area contributed by atoms with E-state index in [1.165, 1.54) is 244 Å². The molecule has 1 aliphatic heterocycles. The van der Waals surface area contributed by atoms with E-state index in [1.807, 2.05) is 6.08 Å². The summed E-state index contributed by atoms with van der Waals surface area (Å²) >= 11 is 0. The summed E-state index contributed by atoms with van der Waals surface area (Å²) in [4.78, 5) is 13.1. The van der Waals surface area contributed by atoms with Crippen molar-refractivity contribution in [3.8, 4) is 0 Å². The van der Waals surface area contributed by atoms with Crippen molar-refractivity contribution in [1.82, 2.24) is 5.32 Å². The Kier molecular flexibility index (Phi) is 51.2. The van der Waals surface area contributed by atoms with Crippen LogP contribution in [0.4, 0.5) is 0 Å². The lowest BCUT2D eigenvalue weighted by molar-refractivity contribution is -0.302. The molecule has 0 spiro atoms. The Morgan fingerprint density at radius 2 is 0.808 bits per heavy atom. The zero-order chi connectivity index (χ0) is 52.9. The molecule has 9 heteroatoms. The maximum Gasteiger partial charge on any atom is 0.220 e. The van der Waals surface area contributed by atoms with Crippen molar-refractivity contribution in [3.05, 3.63) is 36.5 Å². The summed E-state index contributed by atoms with van der Waals surface area (Å²) in [6.45, 7) is 3.81. The first kappa shape index (κ1) is 69.4. The highest BCUT2D eigenvalue weighted by molar-refractivity contribution is 5.76. The molecular formula is C64H121NO8. The van der Waals surface area contributed by atoms with E-state index in [2.05, 4.69) is 43.5 Å². The van der Waals surface area contributed by atoms with Gasteiger partial charge in [0.25, 0.3) is 0 Å². The van der Waals surface area contributed by atoms with Gasteiger partial charge in [0.05, 0.1) is 25.4 Å². The summed E-state index contributed by atoms with van der Waals surface area (Å²) in [5, 5.41) is 54.5. The Labute approximate surface area is 451 Å². The summed E-state index contributed by atoms with van der Waals surface area (Å²) in [7, 11) is 0. The zero-order valence-electron chi connectivity index (χ0n) is 47.9. The summed E-state index contributed by atoms with van der Waals surface area (Å²) < 4.78 is 11.3. The lowest BCUT2D eigenvalue weighted by Gasteiger charge is -2.40. The van der Waals surface area contributed by atoms with E-state index in [0.29, 0.717) is 6.42 Å². The minimum Gasteiger partial charge on any atom is -0.394 e. The van der Waals surface area contributed by atoms with Gasteiger partial charge in [0.15, 0.2) is 6.29 Å². The van der Waals surface area contributed by atoms with Gasteiger partial charge in [0.1, 0.15) is 24.4 Å². The number of ether oxygens (including phenoxy) is 2. The van der Waals surface area contributed by atoms with Crippen LogP contribution < -0.4 is 5.32 Å². The molecule has 0 saturated carbocycles. The predicted molar refractivity (Wildman–Crippen MR) is 309 cm³/mol. The maximum atomic E-state index is 13.1. The standard InChI is InChI=1S/C64H121NO8/c1-3-5-7-9-11-13-15-17-19-20-21-22-23-24-25-26-27-28-29-30-31-32-33-34-35-36-37-38-40-42-44-46-48-50-52-54-60(68)65-57(56-72-64-63(71)62(70)61(69)59(55-66)73-64)58(67)53-51-49-47-45-43-41-39-18-16-14-12-10-8-6-4-2/h23-24,26-27,51,53,57-59,61-64,66-67,69-71H,3-22,25,28-50,52,54-56H2,1-2H3,(H,65,68)/b24-23-,27-26-,53-51+. The first-order valence-corrected chi connectivity index (χ1v) is 31.7. The smallest absolute Gasteiger partial charge is 0.220 e. The van der Waals surface area contributed by atoms with Crippen molar-refractivity contribution < 1.29 is 39.8 Å². The van der Waals surface area contributed by atoms with E-state index in [1.54, 1.807) is 6.08 Å². The van der Waals surface area contributed by atoms with Crippen molar-refractivity contribution in [2.75, 3.05) is 13.2 Å². The molecule has 1 rings (SSSR count). The fourth-order valence-corrected chi connectivity index (χ4v) is 10.2. The van der Waals surface area contributed by atoms with Gasteiger partial charge in [-0.2, -0.15) is 0 Å². The van der Waals surface area contributed by atoms with Gasteiger partial charge in [-0.3, -0.25) is 4.79 Å². The van der Waals surface area contributed by atoms with Crippen LogP contribution in [0.5, 0.6) is 0 Å². The van der Waals surface area contributed by atoms with E-state index in [-0.39, 0.29) is 12.5 Å². The summed E-state index contributed by atoms with van der Waals surface area (Å²) in [6, 6.07) is -0.803. The van der Waals surface area contributed by atoms with Gasteiger partial charge in [-0.25, -0.2) is 0 Å². The Hall–Kier alpha value is -1.59. The average molecular weight is 1030 g/mol. The quantitative estimate of drug-likeness (QED) is 0.0261. The molecule has 1 saturated heterocycles. The second kappa shape index (κ2) is 53.8. The van der Waals surface area contributed by atoms with Crippen molar-refractivity contribution >= 4 is 5.91 Å². The van der Waals surface area contributed by atoms with E-state index >= 15 is 0 Å². The van der Waals surface area contributed by atoms with Crippen LogP contribution in [-0.4, -0.2) is 87.5 Å². The molecule has 0 bridgehead atoms. The molecule has 7 atom stereocenters. The molecule has 7 unspecified atom stereocenters. The summed E-state index contributed by atoms with van der Waals surface area (Å²) in [5.74, 6) is -0.173. The third kappa shape index (κ3) is 43.1. The van der Waals surface area contributed by atoms with E-state index < -0.39 is 49.5 Å². The molecule has 9 nitrogen and oxygen atoms in total. The summed E-state index contributed by atoms with van der Waals surface area (Å²) in [6.07, 6.45) is 63.8. The molecular weight excluding hydrogens is 911 g/mol. The number of aliphatic hydroxyl groups excluding tert-OH is 5. The van der Waals surface area contributed by atoms with E-state index in [0.717, 1.165) is 44.9 Å². The molecule has 0 aromatic rings. The molecule has 430 valence electrons. The van der Waals surface area contributed by atoms with Crippen LogP contribution in [0, 0.1) is 0 Å².